The van der Waals surface area contributed by atoms with Gasteiger partial charge in [-0.3, -0.25) is 4.79 Å². The Morgan fingerprint density at radius 2 is 1.68 bits per heavy atom. The molecule has 0 saturated heterocycles. The molecule has 4 nitrogen and oxygen atoms in total. The molecule has 2 N–H and O–H groups in total. The van der Waals surface area contributed by atoms with Gasteiger partial charge in [0.2, 0.25) is 5.91 Å². The number of hydrogen-bond donors (Lipinski definition) is 1. The van der Waals surface area contributed by atoms with E-state index in [0.29, 0.717) is 19.7 Å². The zero-order chi connectivity index (χ0) is 15.8. The highest BCUT2D eigenvalue weighted by Crippen LogP contribution is 2.16. The summed E-state index contributed by atoms with van der Waals surface area (Å²) in [5.41, 5.74) is 6.73. The second-order valence-corrected chi connectivity index (χ2v) is 5.12. The molecule has 2 rings (SSSR count). The highest BCUT2D eigenvalue weighted by atomic mass is 16.5. The molecule has 0 saturated carbocycles. The molecule has 22 heavy (non-hydrogen) atoms. The Balaban J connectivity index is 1.88. The van der Waals surface area contributed by atoms with Crippen LogP contribution in [-0.2, 0) is 4.79 Å². The molecule has 2 aromatic carbocycles. The molecule has 2 aromatic rings. The van der Waals surface area contributed by atoms with E-state index in [1.807, 2.05) is 60.7 Å². The molecule has 4 heteroatoms. The molecule has 0 radical (unpaired) electrons. The van der Waals surface area contributed by atoms with Gasteiger partial charge in [0.25, 0.3) is 0 Å². The van der Waals surface area contributed by atoms with Crippen LogP contribution in [-0.4, -0.2) is 37.6 Å². The van der Waals surface area contributed by atoms with Crippen LogP contribution in [0.5, 0.6) is 5.75 Å². The lowest BCUT2D eigenvalue weighted by Crippen LogP contribution is -2.37. The van der Waals surface area contributed by atoms with E-state index in [2.05, 4.69) is 0 Å². The van der Waals surface area contributed by atoms with E-state index in [1.54, 1.807) is 11.9 Å². The van der Waals surface area contributed by atoms with Gasteiger partial charge >= 0.3 is 0 Å². The number of nitrogens with two attached hydrogens (primary N) is 1. The van der Waals surface area contributed by atoms with Crippen LogP contribution in [0.15, 0.2) is 60.7 Å². The molecular formula is C18H22N2O2. The average molecular weight is 298 g/mol. The number of amides is 1. The van der Waals surface area contributed by atoms with Gasteiger partial charge in [-0.05, 0) is 17.7 Å². The lowest BCUT2D eigenvalue weighted by molar-refractivity contribution is -0.131. The molecule has 0 fully saturated rings. The average Bonchev–Trinajstić information content (AvgIpc) is 2.57. The summed E-state index contributed by atoms with van der Waals surface area (Å²) in [6, 6.07) is 19.2. The first-order valence-corrected chi connectivity index (χ1v) is 7.40. The second kappa shape index (κ2) is 8.20. The Labute approximate surface area is 131 Å². The van der Waals surface area contributed by atoms with E-state index in [9.17, 15) is 4.79 Å². The van der Waals surface area contributed by atoms with Crippen molar-refractivity contribution in [2.24, 2.45) is 5.73 Å². The number of benzene rings is 2. The van der Waals surface area contributed by atoms with E-state index in [4.69, 9.17) is 10.5 Å². The lowest BCUT2D eigenvalue weighted by atomic mass is 9.98. The third kappa shape index (κ3) is 4.33. The molecule has 0 aromatic heterocycles. The van der Waals surface area contributed by atoms with Crippen molar-refractivity contribution >= 4 is 5.91 Å². The van der Waals surface area contributed by atoms with Gasteiger partial charge in [-0.25, -0.2) is 0 Å². The first-order chi connectivity index (χ1) is 10.7. The van der Waals surface area contributed by atoms with Crippen LogP contribution >= 0.6 is 0 Å². The van der Waals surface area contributed by atoms with E-state index >= 15 is 0 Å². The first-order valence-electron chi connectivity index (χ1n) is 7.40. The summed E-state index contributed by atoms with van der Waals surface area (Å²) >= 11 is 0. The van der Waals surface area contributed by atoms with Crippen molar-refractivity contribution < 1.29 is 9.53 Å². The van der Waals surface area contributed by atoms with Gasteiger partial charge in [0.1, 0.15) is 12.4 Å². The highest BCUT2D eigenvalue weighted by molar-refractivity contribution is 5.83. The molecule has 0 aliphatic carbocycles. The standard InChI is InChI=1S/C18H22N2O2/c1-20(12-13-22-16-10-6-3-7-11-16)18(21)17(14-19)15-8-4-2-5-9-15/h2-11,17H,12-14,19H2,1H3. The van der Waals surface area contributed by atoms with Crippen molar-refractivity contribution in [1.82, 2.24) is 4.90 Å². The van der Waals surface area contributed by atoms with Crippen molar-refractivity contribution in [3.8, 4) is 5.75 Å². The van der Waals surface area contributed by atoms with Crippen LogP contribution in [0, 0.1) is 0 Å². The van der Waals surface area contributed by atoms with Gasteiger partial charge in [-0.2, -0.15) is 0 Å². The fraction of sp³-hybridized carbons (Fsp3) is 0.278. The first kappa shape index (κ1) is 16.0. The Hall–Kier alpha value is -2.33. The molecule has 0 aliphatic rings. The number of carbonyl (C=O) groups is 1. The number of nitrogens with zero attached hydrogens (tertiary/aromatic N) is 1. The Morgan fingerprint density at radius 3 is 2.27 bits per heavy atom. The maximum Gasteiger partial charge on any atom is 0.231 e. The molecule has 0 heterocycles. The predicted molar refractivity (Wildman–Crippen MR) is 87.8 cm³/mol. The predicted octanol–water partition coefficient (Wildman–Crippen LogP) is 2.27. The van der Waals surface area contributed by atoms with Crippen LogP contribution in [0.25, 0.3) is 0 Å². The molecular weight excluding hydrogens is 276 g/mol. The fourth-order valence-electron chi connectivity index (χ4n) is 2.26. The summed E-state index contributed by atoms with van der Waals surface area (Å²) in [6.45, 7) is 1.28. The lowest BCUT2D eigenvalue weighted by Gasteiger charge is -2.23. The zero-order valence-electron chi connectivity index (χ0n) is 12.8. The van der Waals surface area contributed by atoms with Crippen molar-refractivity contribution in [3.63, 3.8) is 0 Å². The minimum Gasteiger partial charge on any atom is -0.492 e. The number of ether oxygens (including phenoxy) is 1. The Bertz CT molecular complexity index is 572. The smallest absolute Gasteiger partial charge is 0.231 e. The van der Waals surface area contributed by atoms with Crippen molar-refractivity contribution in [1.29, 1.82) is 0 Å². The van der Waals surface area contributed by atoms with Crippen LogP contribution in [0.3, 0.4) is 0 Å². The van der Waals surface area contributed by atoms with Crippen molar-refractivity contribution in [2.45, 2.75) is 5.92 Å². The molecule has 116 valence electrons. The van der Waals surface area contributed by atoms with Gasteiger partial charge < -0.3 is 15.4 Å². The zero-order valence-corrected chi connectivity index (χ0v) is 12.8. The fourth-order valence-corrected chi connectivity index (χ4v) is 2.26. The van der Waals surface area contributed by atoms with Crippen molar-refractivity contribution in [3.05, 3.63) is 66.2 Å². The van der Waals surface area contributed by atoms with Gasteiger partial charge in [-0.1, -0.05) is 48.5 Å². The number of carbonyl (C=O) groups excluding carboxylic acids is 1. The molecule has 1 amide bonds. The number of rotatable bonds is 7. The highest BCUT2D eigenvalue weighted by Gasteiger charge is 2.22. The van der Waals surface area contributed by atoms with E-state index in [-0.39, 0.29) is 11.8 Å². The van der Waals surface area contributed by atoms with Gasteiger partial charge in [0, 0.05) is 13.6 Å². The van der Waals surface area contributed by atoms with Crippen molar-refractivity contribution in [2.75, 3.05) is 26.7 Å². The van der Waals surface area contributed by atoms with Crippen LogP contribution < -0.4 is 10.5 Å². The Morgan fingerprint density at radius 1 is 1.09 bits per heavy atom. The summed E-state index contributed by atoms with van der Waals surface area (Å²) in [5.74, 6) is 0.523. The minimum absolute atomic E-state index is 0.0189. The maximum absolute atomic E-state index is 12.5. The number of likely N-dealkylation sites (N-methyl/N-ethyl adjacent to an activating group) is 1. The summed E-state index contributed by atoms with van der Waals surface area (Å²) in [4.78, 5) is 14.2. The quantitative estimate of drug-likeness (QED) is 0.853. The second-order valence-electron chi connectivity index (χ2n) is 5.12. The summed E-state index contributed by atoms with van der Waals surface area (Å²) in [6.07, 6.45) is 0. The molecule has 0 aliphatic heterocycles. The maximum atomic E-state index is 12.5. The van der Waals surface area contributed by atoms with E-state index in [0.717, 1.165) is 11.3 Å². The van der Waals surface area contributed by atoms with E-state index < -0.39 is 0 Å². The number of para-hydroxylation sites is 1. The largest absolute Gasteiger partial charge is 0.492 e. The molecule has 0 bridgehead atoms. The molecule has 0 spiro atoms. The molecule has 1 unspecified atom stereocenters. The summed E-state index contributed by atoms with van der Waals surface area (Å²) in [7, 11) is 1.78. The number of hydrogen-bond acceptors (Lipinski definition) is 3. The van der Waals surface area contributed by atoms with Crippen LogP contribution in [0.4, 0.5) is 0 Å². The summed E-state index contributed by atoms with van der Waals surface area (Å²) < 4.78 is 5.62. The third-order valence-corrected chi connectivity index (χ3v) is 3.55. The summed E-state index contributed by atoms with van der Waals surface area (Å²) in [5, 5.41) is 0. The monoisotopic (exact) mass is 298 g/mol. The normalized spacial score (nSPS) is 11.7. The van der Waals surface area contributed by atoms with Gasteiger partial charge in [0.05, 0.1) is 12.5 Å². The topological polar surface area (TPSA) is 55.6 Å². The van der Waals surface area contributed by atoms with Crippen LogP contribution in [0.1, 0.15) is 11.5 Å². The molecule has 1 atom stereocenters. The van der Waals surface area contributed by atoms with Gasteiger partial charge in [-0.15, -0.1) is 0 Å². The minimum atomic E-state index is -0.303. The SMILES string of the molecule is CN(CCOc1ccccc1)C(=O)C(CN)c1ccccc1. The van der Waals surface area contributed by atoms with Crippen LogP contribution in [0.2, 0.25) is 0 Å². The third-order valence-electron chi connectivity index (χ3n) is 3.55. The van der Waals surface area contributed by atoms with Gasteiger partial charge in [0.15, 0.2) is 0 Å². The van der Waals surface area contributed by atoms with E-state index in [1.165, 1.54) is 0 Å². The Kier molecular flexibility index (Phi) is 5.98.